The molecular formula is C25H29F3N6O6. The maximum absolute atomic E-state index is 13.9. The fraction of sp³-hybridized carbons (Fsp3) is 0.480. The number of hydrogen-bond acceptors (Lipinski definition) is 9. The summed E-state index contributed by atoms with van der Waals surface area (Å²) in [5.74, 6) is -5.43. The Morgan fingerprint density at radius 1 is 1.02 bits per heavy atom. The number of carbonyl (C=O) groups is 3. The number of methoxy groups -OCH3 is 1. The highest BCUT2D eigenvalue weighted by Gasteiger charge is 2.41. The Hall–Kier alpha value is -4.30. The SMILES string of the molecule is COc1cc(N2CCN(C(C)=O)CC2)ccc1Nc1ncc(C(F)(F)F)c(N2C[C@H](C(=O)O)C[C@H](C(=O)O)C2)n1. The Morgan fingerprint density at radius 2 is 1.65 bits per heavy atom. The van der Waals surface area contributed by atoms with Crippen LogP contribution in [0.4, 0.5) is 36.3 Å². The van der Waals surface area contributed by atoms with Crippen molar-refractivity contribution >= 4 is 41.0 Å². The Bertz CT molecular complexity index is 1260. The lowest BCUT2D eigenvalue weighted by atomic mass is 9.89. The van der Waals surface area contributed by atoms with Gasteiger partial charge in [-0.25, -0.2) is 4.98 Å². The highest BCUT2D eigenvalue weighted by atomic mass is 19.4. The van der Waals surface area contributed by atoms with Crippen LogP contribution in [0.5, 0.6) is 5.75 Å². The summed E-state index contributed by atoms with van der Waals surface area (Å²) < 4.78 is 47.1. The second-order valence-corrected chi connectivity index (χ2v) is 9.64. The number of halogens is 3. The first-order valence-corrected chi connectivity index (χ1v) is 12.5. The number of nitrogens with one attached hydrogen (secondary N) is 1. The maximum atomic E-state index is 13.9. The molecule has 12 nitrogen and oxygen atoms in total. The predicted molar refractivity (Wildman–Crippen MR) is 137 cm³/mol. The molecule has 1 aromatic carbocycles. The smallest absolute Gasteiger partial charge is 0.421 e. The van der Waals surface area contributed by atoms with Crippen LogP contribution >= 0.6 is 0 Å². The number of nitrogens with zero attached hydrogens (tertiary/aromatic N) is 5. The highest BCUT2D eigenvalue weighted by molar-refractivity contribution is 5.77. The van der Waals surface area contributed by atoms with E-state index in [0.717, 1.165) is 10.6 Å². The van der Waals surface area contributed by atoms with E-state index in [0.29, 0.717) is 43.8 Å². The third-order valence-electron chi connectivity index (χ3n) is 7.04. The first-order valence-electron chi connectivity index (χ1n) is 12.5. The molecule has 4 rings (SSSR count). The number of amides is 1. The molecule has 216 valence electrons. The fourth-order valence-corrected chi connectivity index (χ4v) is 4.88. The normalized spacial score (nSPS) is 19.8. The molecule has 40 heavy (non-hydrogen) atoms. The molecule has 2 aliphatic heterocycles. The largest absolute Gasteiger partial charge is 0.494 e. The third kappa shape index (κ3) is 6.29. The summed E-state index contributed by atoms with van der Waals surface area (Å²) in [7, 11) is 1.43. The molecule has 1 aromatic heterocycles. The van der Waals surface area contributed by atoms with Crippen molar-refractivity contribution in [3.05, 3.63) is 30.0 Å². The number of aromatic nitrogens is 2. The zero-order valence-electron chi connectivity index (χ0n) is 21.8. The second kappa shape index (κ2) is 11.4. The van der Waals surface area contributed by atoms with Crippen LogP contribution < -0.4 is 19.9 Å². The molecule has 0 aliphatic carbocycles. The number of anilines is 4. The molecule has 2 saturated heterocycles. The standard InChI is InChI=1S/C25H29F3N6O6/c1-14(35)32-5-7-33(8-6-32)17-3-4-19(20(10-17)40-2)30-24-29-11-18(25(26,27)28)21(31-24)34-12-15(22(36)37)9-16(13-34)23(38)39/h3-4,10-11,15-16H,5-9,12-13H2,1-2H3,(H,36,37)(H,38,39)(H,29,30,31)/t15-,16+. The first kappa shape index (κ1) is 28.7. The van der Waals surface area contributed by atoms with Crippen molar-refractivity contribution in [2.45, 2.75) is 19.5 Å². The maximum Gasteiger partial charge on any atom is 0.421 e. The van der Waals surface area contributed by atoms with Gasteiger partial charge in [0.1, 0.15) is 17.1 Å². The van der Waals surface area contributed by atoms with E-state index in [1.807, 2.05) is 0 Å². The van der Waals surface area contributed by atoms with E-state index in [1.165, 1.54) is 14.0 Å². The van der Waals surface area contributed by atoms with Crippen LogP contribution in [-0.4, -0.2) is 89.3 Å². The second-order valence-electron chi connectivity index (χ2n) is 9.64. The molecule has 3 heterocycles. The van der Waals surface area contributed by atoms with Gasteiger partial charge in [0, 0.05) is 64.1 Å². The molecule has 3 N–H and O–H groups in total. The van der Waals surface area contributed by atoms with Crippen LogP contribution in [-0.2, 0) is 20.6 Å². The molecular weight excluding hydrogens is 537 g/mol. The van der Waals surface area contributed by atoms with E-state index in [-0.39, 0.29) is 31.4 Å². The van der Waals surface area contributed by atoms with Crippen LogP contribution in [0.15, 0.2) is 24.4 Å². The van der Waals surface area contributed by atoms with Gasteiger partial charge in [-0.1, -0.05) is 0 Å². The van der Waals surface area contributed by atoms with Crippen molar-refractivity contribution in [2.24, 2.45) is 11.8 Å². The number of carbonyl (C=O) groups excluding carboxylic acids is 1. The van der Waals surface area contributed by atoms with Crippen LogP contribution in [0.25, 0.3) is 0 Å². The quantitative estimate of drug-likeness (QED) is 0.454. The Labute approximate surface area is 227 Å². The van der Waals surface area contributed by atoms with Crippen molar-refractivity contribution in [1.29, 1.82) is 0 Å². The molecule has 0 spiro atoms. The molecule has 1 amide bonds. The van der Waals surface area contributed by atoms with Crippen molar-refractivity contribution in [3.8, 4) is 5.75 Å². The minimum atomic E-state index is -4.87. The van der Waals surface area contributed by atoms with Crippen molar-refractivity contribution < 1.29 is 42.5 Å². The van der Waals surface area contributed by atoms with E-state index < -0.39 is 41.3 Å². The number of carboxylic acid groups (broad SMARTS) is 2. The zero-order chi connectivity index (χ0) is 29.2. The van der Waals surface area contributed by atoms with E-state index in [4.69, 9.17) is 4.74 Å². The van der Waals surface area contributed by atoms with Gasteiger partial charge in [-0.2, -0.15) is 18.2 Å². The van der Waals surface area contributed by atoms with E-state index >= 15 is 0 Å². The molecule has 2 aliphatic rings. The Kier molecular flexibility index (Phi) is 8.21. The topological polar surface area (TPSA) is 148 Å². The number of carboxylic acids is 2. The van der Waals surface area contributed by atoms with Gasteiger partial charge < -0.3 is 35.0 Å². The fourth-order valence-electron chi connectivity index (χ4n) is 4.88. The van der Waals surface area contributed by atoms with Crippen LogP contribution in [0.2, 0.25) is 0 Å². The van der Waals surface area contributed by atoms with Crippen LogP contribution in [0.1, 0.15) is 18.9 Å². The zero-order valence-corrected chi connectivity index (χ0v) is 21.8. The van der Waals surface area contributed by atoms with Gasteiger partial charge in [0.15, 0.2) is 0 Å². The number of rotatable bonds is 7. The predicted octanol–water partition coefficient (Wildman–Crippen LogP) is 2.53. The summed E-state index contributed by atoms with van der Waals surface area (Å²) >= 11 is 0. The van der Waals surface area contributed by atoms with Gasteiger partial charge in [0.2, 0.25) is 11.9 Å². The lowest BCUT2D eigenvalue weighted by molar-refractivity contribution is -0.146. The van der Waals surface area contributed by atoms with E-state index in [9.17, 15) is 37.8 Å². The summed E-state index contributed by atoms with van der Waals surface area (Å²) in [4.78, 5) is 47.6. The molecule has 2 atom stereocenters. The van der Waals surface area contributed by atoms with Gasteiger partial charge in [-0.15, -0.1) is 0 Å². The van der Waals surface area contributed by atoms with Gasteiger partial charge in [-0.05, 0) is 18.6 Å². The highest BCUT2D eigenvalue weighted by Crippen LogP contribution is 2.39. The lowest BCUT2D eigenvalue weighted by Gasteiger charge is -2.36. The summed E-state index contributed by atoms with van der Waals surface area (Å²) in [5.41, 5.74) is -0.0163. The van der Waals surface area contributed by atoms with Crippen molar-refractivity contribution in [2.75, 3.05) is 61.5 Å². The summed E-state index contributed by atoms with van der Waals surface area (Å²) in [6, 6.07) is 5.20. The minimum absolute atomic E-state index is 0.00852. The number of benzene rings is 1. The molecule has 2 fully saturated rings. The van der Waals surface area contributed by atoms with Crippen molar-refractivity contribution in [1.82, 2.24) is 14.9 Å². The van der Waals surface area contributed by atoms with E-state index in [1.54, 1.807) is 23.1 Å². The number of hydrogen-bond donors (Lipinski definition) is 3. The molecule has 0 saturated carbocycles. The minimum Gasteiger partial charge on any atom is -0.494 e. The number of aliphatic carboxylic acids is 2. The lowest BCUT2D eigenvalue weighted by Crippen LogP contribution is -2.48. The average Bonchev–Trinajstić information content (AvgIpc) is 2.92. The Morgan fingerprint density at radius 3 is 2.17 bits per heavy atom. The number of ether oxygens (including phenoxy) is 1. The molecule has 0 radical (unpaired) electrons. The molecule has 15 heteroatoms. The van der Waals surface area contributed by atoms with Crippen LogP contribution in [0, 0.1) is 11.8 Å². The number of alkyl halides is 3. The van der Waals surface area contributed by atoms with Gasteiger partial charge in [0.25, 0.3) is 0 Å². The van der Waals surface area contributed by atoms with E-state index in [2.05, 4.69) is 20.2 Å². The Balaban J connectivity index is 1.62. The van der Waals surface area contributed by atoms with Gasteiger partial charge in [-0.3, -0.25) is 14.4 Å². The monoisotopic (exact) mass is 566 g/mol. The number of piperazine rings is 1. The molecule has 0 unspecified atom stereocenters. The number of piperidine rings is 1. The molecule has 2 aromatic rings. The molecule has 0 bridgehead atoms. The third-order valence-corrected chi connectivity index (χ3v) is 7.04. The van der Waals surface area contributed by atoms with Crippen LogP contribution in [0.3, 0.4) is 0 Å². The van der Waals surface area contributed by atoms with Gasteiger partial charge in [0.05, 0.1) is 24.6 Å². The summed E-state index contributed by atoms with van der Waals surface area (Å²) in [5, 5.41) is 21.8. The van der Waals surface area contributed by atoms with Gasteiger partial charge >= 0.3 is 18.1 Å². The summed E-state index contributed by atoms with van der Waals surface area (Å²) in [6.45, 7) is 3.22. The average molecular weight is 567 g/mol. The first-order chi connectivity index (χ1) is 18.9. The van der Waals surface area contributed by atoms with Crippen molar-refractivity contribution in [3.63, 3.8) is 0 Å². The summed E-state index contributed by atoms with van der Waals surface area (Å²) in [6.07, 6.45) is -4.49.